The highest BCUT2D eigenvalue weighted by atomic mass is 35.5. The molecule has 0 aliphatic carbocycles. The van der Waals surface area contributed by atoms with Gasteiger partial charge >= 0.3 is 0 Å². The molecule has 1 aliphatic rings. The molecule has 15 heavy (non-hydrogen) atoms. The second kappa shape index (κ2) is 6.03. The van der Waals surface area contributed by atoms with Gasteiger partial charge in [-0.25, -0.2) is 12.7 Å². The van der Waals surface area contributed by atoms with Gasteiger partial charge in [-0.05, 0) is 18.8 Å². The van der Waals surface area contributed by atoms with Gasteiger partial charge < -0.3 is 5.73 Å². The number of rotatable bonds is 3. The largest absolute Gasteiger partial charge is 0.328 e. The van der Waals surface area contributed by atoms with Gasteiger partial charge in [-0.1, -0.05) is 13.8 Å². The van der Waals surface area contributed by atoms with Gasteiger partial charge in [0.05, 0.1) is 5.75 Å². The first-order valence-corrected chi connectivity index (χ1v) is 6.76. The highest BCUT2D eigenvalue weighted by Gasteiger charge is 2.26. The molecule has 0 aromatic heterocycles. The van der Waals surface area contributed by atoms with E-state index in [9.17, 15) is 8.42 Å². The molecule has 1 aliphatic heterocycles. The number of piperidine rings is 1. The van der Waals surface area contributed by atoms with Gasteiger partial charge in [0.1, 0.15) is 0 Å². The quantitative estimate of drug-likeness (QED) is 0.813. The summed E-state index contributed by atoms with van der Waals surface area (Å²) in [6.45, 7) is 5.03. The molecule has 1 fully saturated rings. The van der Waals surface area contributed by atoms with Gasteiger partial charge in [0.15, 0.2) is 0 Å². The molecule has 0 aromatic rings. The van der Waals surface area contributed by atoms with Gasteiger partial charge in [0, 0.05) is 19.1 Å². The molecule has 2 N–H and O–H groups in total. The Morgan fingerprint density at radius 1 is 1.33 bits per heavy atom. The minimum Gasteiger partial charge on any atom is -0.328 e. The molecule has 6 heteroatoms. The van der Waals surface area contributed by atoms with E-state index < -0.39 is 10.0 Å². The lowest BCUT2D eigenvalue weighted by molar-refractivity contribution is 0.318. The molecule has 0 spiro atoms. The molecule has 1 heterocycles. The van der Waals surface area contributed by atoms with Crippen molar-refractivity contribution >= 4 is 22.4 Å². The summed E-state index contributed by atoms with van der Waals surface area (Å²) in [4.78, 5) is 0. The summed E-state index contributed by atoms with van der Waals surface area (Å²) >= 11 is 0. The Morgan fingerprint density at radius 3 is 2.20 bits per heavy atom. The monoisotopic (exact) mass is 256 g/mol. The van der Waals surface area contributed by atoms with Gasteiger partial charge in [-0.2, -0.15) is 0 Å². The van der Waals surface area contributed by atoms with Crippen molar-refractivity contribution in [3.63, 3.8) is 0 Å². The average Bonchev–Trinajstić information content (AvgIpc) is 2.02. The second-order valence-corrected chi connectivity index (χ2v) is 6.42. The molecular weight excluding hydrogens is 236 g/mol. The Balaban J connectivity index is 0.00000196. The number of hydrogen-bond donors (Lipinski definition) is 1. The SMILES string of the molecule is CC(C)CS(=O)(=O)N1CCC(N)CC1.Cl. The van der Waals surface area contributed by atoms with E-state index in [2.05, 4.69) is 0 Å². The smallest absolute Gasteiger partial charge is 0.214 e. The van der Waals surface area contributed by atoms with Crippen LogP contribution in [-0.2, 0) is 10.0 Å². The Kier molecular flexibility index (Phi) is 6.10. The molecule has 0 saturated carbocycles. The molecular formula is C9H21ClN2O2S. The minimum atomic E-state index is -3.03. The molecule has 92 valence electrons. The van der Waals surface area contributed by atoms with Crippen LogP contribution in [0.25, 0.3) is 0 Å². The zero-order valence-corrected chi connectivity index (χ0v) is 11.0. The van der Waals surface area contributed by atoms with E-state index in [-0.39, 0.29) is 30.1 Å². The molecule has 4 nitrogen and oxygen atoms in total. The van der Waals surface area contributed by atoms with Crippen molar-refractivity contribution < 1.29 is 8.42 Å². The number of sulfonamides is 1. The lowest BCUT2D eigenvalue weighted by Gasteiger charge is -2.29. The fourth-order valence-corrected chi connectivity index (χ4v) is 3.50. The summed E-state index contributed by atoms with van der Waals surface area (Å²) in [6, 6.07) is 0.181. The Bertz CT molecular complexity index is 272. The van der Waals surface area contributed by atoms with Crippen molar-refractivity contribution in [3.8, 4) is 0 Å². The third-order valence-electron chi connectivity index (χ3n) is 2.44. The van der Waals surface area contributed by atoms with Gasteiger partial charge in [0.2, 0.25) is 10.0 Å². The number of halogens is 1. The standard InChI is InChI=1S/C9H20N2O2S.ClH/c1-8(2)7-14(12,13)11-5-3-9(10)4-6-11;/h8-9H,3-7,10H2,1-2H3;1H. The summed E-state index contributed by atoms with van der Waals surface area (Å²) in [5.74, 6) is 0.443. The molecule has 0 amide bonds. The minimum absolute atomic E-state index is 0. The first-order valence-electron chi connectivity index (χ1n) is 5.15. The molecule has 0 unspecified atom stereocenters. The van der Waals surface area contributed by atoms with Crippen LogP contribution in [-0.4, -0.2) is 37.6 Å². The van der Waals surface area contributed by atoms with Crippen molar-refractivity contribution in [3.05, 3.63) is 0 Å². The summed E-state index contributed by atoms with van der Waals surface area (Å²) < 4.78 is 25.2. The summed E-state index contributed by atoms with van der Waals surface area (Å²) in [6.07, 6.45) is 1.58. The van der Waals surface area contributed by atoms with Crippen LogP contribution in [0.2, 0.25) is 0 Å². The molecule has 0 radical (unpaired) electrons. The van der Waals surface area contributed by atoms with Crippen molar-refractivity contribution in [2.45, 2.75) is 32.7 Å². The Labute approximate surface area is 98.7 Å². The van der Waals surface area contributed by atoms with E-state index >= 15 is 0 Å². The zero-order valence-electron chi connectivity index (χ0n) is 9.35. The lowest BCUT2D eigenvalue weighted by atomic mass is 10.1. The third kappa shape index (κ3) is 4.68. The van der Waals surface area contributed by atoms with Crippen LogP contribution in [0.4, 0.5) is 0 Å². The Hall–Kier alpha value is 0.160. The van der Waals surface area contributed by atoms with E-state index in [0.717, 1.165) is 12.8 Å². The second-order valence-electron chi connectivity index (χ2n) is 4.41. The van der Waals surface area contributed by atoms with E-state index in [1.165, 1.54) is 0 Å². The van der Waals surface area contributed by atoms with Crippen molar-refractivity contribution in [2.24, 2.45) is 11.7 Å². The van der Waals surface area contributed by atoms with Crippen LogP contribution in [0.5, 0.6) is 0 Å². The highest BCUT2D eigenvalue weighted by molar-refractivity contribution is 7.89. The van der Waals surface area contributed by atoms with E-state index in [1.807, 2.05) is 13.8 Å². The van der Waals surface area contributed by atoms with Crippen LogP contribution in [0.1, 0.15) is 26.7 Å². The van der Waals surface area contributed by atoms with E-state index in [4.69, 9.17) is 5.73 Å². The third-order valence-corrected chi connectivity index (χ3v) is 4.68. The van der Waals surface area contributed by atoms with E-state index in [1.54, 1.807) is 4.31 Å². The zero-order chi connectivity index (χ0) is 10.8. The maximum atomic E-state index is 11.8. The van der Waals surface area contributed by atoms with Crippen molar-refractivity contribution in [2.75, 3.05) is 18.8 Å². The Morgan fingerprint density at radius 2 is 1.80 bits per heavy atom. The molecule has 1 saturated heterocycles. The maximum Gasteiger partial charge on any atom is 0.214 e. The first-order chi connectivity index (χ1) is 6.42. The fraction of sp³-hybridized carbons (Fsp3) is 1.00. The van der Waals surface area contributed by atoms with E-state index in [0.29, 0.717) is 13.1 Å². The van der Waals surface area contributed by atoms with Crippen molar-refractivity contribution in [1.82, 2.24) is 4.31 Å². The fourth-order valence-electron chi connectivity index (χ4n) is 1.68. The molecule has 0 aromatic carbocycles. The summed E-state index contributed by atoms with van der Waals surface area (Å²) in [5.41, 5.74) is 5.72. The average molecular weight is 257 g/mol. The van der Waals surface area contributed by atoms with Crippen LogP contribution < -0.4 is 5.73 Å². The molecule has 0 bridgehead atoms. The molecule has 0 atom stereocenters. The van der Waals surface area contributed by atoms with Crippen LogP contribution in [0.15, 0.2) is 0 Å². The number of nitrogens with two attached hydrogens (primary N) is 1. The topological polar surface area (TPSA) is 63.4 Å². The van der Waals surface area contributed by atoms with Gasteiger partial charge in [-0.15, -0.1) is 12.4 Å². The number of nitrogens with zero attached hydrogens (tertiary/aromatic N) is 1. The first kappa shape index (κ1) is 15.2. The molecule has 1 rings (SSSR count). The lowest BCUT2D eigenvalue weighted by Crippen LogP contribution is -2.44. The van der Waals surface area contributed by atoms with Crippen molar-refractivity contribution in [1.29, 1.82) is 0 Å². The van der Waals surface area contributed by atoms with Gasteiger partial charge in [0.25, 0.3) is 0 Å². The summed E-state index contributed by atoms with van der Waals surface area (Å²) in [5, 5.41) is 0. The summed E-state index contributed by atoms with van der Waals surface area (Å²) in [7, 11) is -3.03. The van der Waals surface area contributed by atoms with Gasteiger partial charge in [-0.3, -0.25) is 0 Å². The normalized spacial score (nSPS) is 20.3. The number of hydrogen-bond acceptors (Lipinski definition) is 3. The maximum absolute atomic E-state index is 11.8. The van der Waals surface area contributed by atoms with Crippen LogP contribution >= 0.6 is 12.4 Å². The predicted octanol–water partition coefficient (Wildman–Crippen LogP) is 0.817. The predicted molar refractivity (Wildman–Crippen MR) is 64.7 cm³/mol. The highest BCUT2D eigenvalue weighted by Crippen LogP contribution is 2.14. The van der Waals surface area contributed by atoms with Crippen LogP contribution in [0, 0.1) is 5.92 Å². The van der Waals surface area contributed by atoms with Crippen LogP contribution in [0.3, 0.4) is 0 Å².